The fourth-order valence-corrected chi connectivity index (χ4v) is 6.17. The smallest absolute Gasteiger partial charge is 0.152 e. The first-order valence-corrected chi connectivity index (χ1v) is 13.2. The van der Waals surface area contributed by atoms with Gasteiger partial charge in [-0.1, -0.05) is 84.7 Å². The van der Waals surface area contributed by atoms with Crippen molar-refractivity contribution >= 4 is 63.1 Å². The number of nitriles is 1. The molecule has 0 amide bonds. The number of halogens is 2. The zero-order valence-electron chi connectivity index (χ0n) is 19.7. The van der Waals surface area contributed by atoms with Crippen molar-refractivity contribution in [1.29, 1.82) is 5.26 Å². The van der Waals surface area contributed by atoms with Crippen LogP contribution < -0.4 is 0 Å². The molecule has 0 unspecified atom stereocenters. The second-order valence-corrected chi connectivity index (χ2v) is 10.8. The number of thiophene rings is 1. The Balaban J connectivity index is 2.01. The van der Waals surface area contributed by atoms with Crippen LogP contribution in [0.5, 0.6) is 0 Å². The molecule has 0 spiro atoms. The molecule has 1 aliphatic carbocycles. The molecule has 0 saturated heterocycles. The molecule has 0 radical (unpaired) electrons. The van der Waals surface area contributed by atoms with Crippen molar-refractivity contribution in [3.05, 3.63) is 103 Å². The van der Waals surface area contributed by atoms with Crippen LogP contribution >= 0.6 is 34.5 Å². The van der Waals surface area contributed by atoms with Gasteiger partial charge in [0, 0.05) is 5.56 Å². The normalized spacial score (nSPS) is 14.4. The SMILES string of the molecule is CC/C(=C(\C1=C(C#N)c2ccccc2CCC1)c1ccc(/C=C/C(C)=O)cc1)c1cc(Cl)sc1Cl. The van der Waals surface area contributed by atoms with Gasteiger partial charge in [0.15, 0.2) is 5.78 Å². The molecule has 1 heterocycles. The maximum absolute atomic E-state index is 11.4. The molecular formula is C30H25Cl2NOS. The molecule has 0 bridgehead atoms. The number of rotatable bonds is 6. The van der Waals surface area contributed by atoms with E-state index in [1.165, 1.54) is 23.8 Å². The first-order valence-electron chi connectivity index (χ1n) is 11.6. The molecule has 0 fully saturated rings. The summed E-state index contributed by atoms with van der Waals surface area (Å²) in [6.45, 7) is 3.65. The predicted octanol–water partition coefficient (Wildman–Crippen LogP) is 9.29. The van der Waals surface area contributed by atoms with Gasteiger partial charge in [-0.15, -0.1) is 11.3 Å². The van der Waals surface area contributed by atoms with Crippen LogP contribution in [0.3, 0.4) is 0 Å². The molecule has 2 aromatic carbocycles. The van der Waals surface area contributed by atoms with Crippen molar-refractivity contribution in [1.82, 2.24) is 0 Å². The van der Waals surface area contributed by atoms with E-state index in [2.05, 4.69) is 31.2 Å². The van der Waals surface area contributed by atoms with Crippen molar-refractivity contribution < 1.29 is 4.79 Å². The van der Waals surface area contributed by atoms with Crippen LogP contribution in [-0.4, -0.2) is 5.78 Å². The largest absolute Gasteiger partial charge is 0.295 e. The molecular weight excluding hydrogens is 493 g/mol. The number of carbonyl (C=O) groups excluding carboxylic acids is 1. The molecule has 5 heteroatoms. The van der Waals surface area contributed by atoms with Crippen molar-refractivity contribution in [3.63, 3.8) is 0 Å². The molecule has 176 valence electrons. The summed E-state index contributed by atoms with van der Waals surface area (Å²) < 4.78 is 1.29. The van der Waals surface area contributed by atoms with Gasteiger partial charge < -0.3 is 0 Å². The van der Waals surface area contributed by atoms with Crippen molar-refractivity contribution in [3.8, 4) is 6.07 Å². The van der Waals surface area contributed by atoms with E-state index in [1.54, 1.807) is 6.08 Å². The molecule has 4 rings (SSSR count). The Morgan fingerprint density at radius 3 is 2.49 bits per heavy atom. The summed E-state index contributed by atoms with van der Waals surface area (Å²) in [4.78, 5) is 11.4. The summed E-state index contributed by atoms with van der Waals surface area (Å²) in [6, 6.07) is 20.8. The predicted molar refractivity (Wildman–Crippen MR) is 150 cm³/mol. The highest BCUT2D eigenvalue weighted by atomic mass is 35.5. The Labute approximate surface area is 220 Å². The quantitative estimate of drug-likeness (QED) is 0.305. The third-order valence-corrected chi connectivity index (χ3v) is 7.71. The van der Waals surface area contributed by atoms with Crippen molar-refractivity contribution in [2.45, 2.75) is 39.5 Å². The Bertz CT molecular complexity index is 1400. The van der Waals surface area contributed by atoms with E-state index in [0.717, 1.165) is 70.2 Å². The lowest BCUT2D eigenvalue weighted by Crippen LogP contribution is -1.99. The van der Waals surface area contributed by atoms with Gasteiger partial charge in [0.1, 0.15) is 10.4 Å². The second kappa shape index (κ2) is 11.2. The molecule has 0 N–H and O–H groups in total. The number of aryl methyl sites for hydroxylation is 1. The van der Waals surface area contributed by atoms with Gasteiger partial charge >= 0.3 is 0 Å². The van der Waals surface area contributed by atoms with Crippen LogP contribution in [0.15, 0.2) is 66.2 Å². The Hall–Kier alpha value is -2.90. The van der Waals surface area contributed by atoms with E-state index in [0.29, 0.717) is 8.67 Å². The fraction of sp³-hybridized carbons (Fsp3) is 0.200. The minimum atomic E-state index is 0.00727. The first kappa shape index (κ1) is 25.2. The highest BCUT2D eigenvalue weighted by Crippen LogP contribution is 2.45. The Morgan fingerprint density at radius 1 is 1.11 bits per heavy atom. The number of hydrogen-bond donors (Lipinski definition) is 0. The monoisotopic (exact) mass is 517 g/mol. The van der Waals surface area contributed by atoms with Gasteiger partial charge in [0.2, 0.25) is 0 Å². The van der Waals surface area contributed by atoms with Crippen LogP contribution in [0.2, 0.25) is 8.67 Å². The second-order valence-electron chi connectivity index (χ2n) is 8.49. The van der Waals surface area contributed by atoms with E-state index >= 15 is 0 Å². The lowest BCUT2D eigenvalue weighted by Gasteiger charge is -2.20. The molecule has 1 aliphatic rings. The molecule has 1 aromatic heterocycles. The van der Waals surface area contributed by atoms with Crippen LogP contribution in [0.4, 0.5) is 0 Å². The van der Waals surface area contributed by atoms with Gasteiger partial charge in [-0.25, -0.2) is 0 Å². The number of allylic oxidation sites excluding steroid dienone is 5. The zero-order valence-corrected chi connectivity index (χ0v) is 22.0. The highest BCUT2D eigenvalue weighted by molar-refractivity contribution is 7.20. The summed E-state index contributed by atoms with van der Waals surface area (Å²) in [5.41, 5.74) is 8.97. The van der Waals surface area contributed by atoms with Crippen LogP contribution in [0.25, 0.3) is 22.8 Å². The molecule has 3 aromatic rings. The standard InChI is InChI=1S/C30H25Cl2NOS/c1-3-23(26-17-28(31)35-30(26)32)29(22-15-13-20(14-16-22)12-11-19(2)34)25-10-6-8-21-7-4-5-9-24(21)27(25)18-33/h4-5,7,9,11-17H,3,6,8,10H2,1-2H3/b12-11+,29-23+. The average molecular weight is 519 g/mol. The maximum atomic E-state index is 11.4. The van der Waals surface area contributed by atoms with Crippen LogP contribution in [0.1, 0.15) is 60.9 Å². The zero-order chi connectivity index (χ0) is 24.9. The molecule has 0 aliphatic heterocycles. The maximum Gasteiger partial charge on any atom is 0.152 e. The topological polar surface area (TPSA) is 40.9 Å². The number of benzene rings is 2. The first-order chi connectivity index (χ1) is 16.9. The van der Waals surface area contributed by atoms with Crippen LogP contribution in [0, 0.1) is 11.3 Å². The van der Waals surface area contributed by atoms with Gasteiger partial charge in [0.05, 0.1) is 9.91 Å². The lowest BCUT2D eigenvalue weighted by molar-refractivity contribution is -0.112. The number of hydrogen-bond acceptors (Lipinski definition) is 3. The van der Waals surface area contributed by atoms with Gasteiger partial charge in [-0.3, -0.25) is 4.79 Å². The van der Waals surface area contributed by atoms with Gasteiger partial charge in [-0.05, 0) is 83.7 Å². The van der Waals surface area contributed by atoms with Crippen LogP contribution in [-0.2, 0) is 11.2 Å². The molecule has 0 atom stereocenters. The van der Waals surface area contributed by atoms with Crippen molar-refractivity contribution in [2.24, 2.45) is 0 Å². The van der Waals surface area contributed by atoms with E-state index in [9.17, 15) is 10.1 Å². The number of fused-ring (bicyclic) bond motifs is 1. The summed E-state index contributed by atoms with van der Waals surface area (Å²) in [6.07, 6.45) is 6.79. The number of nitrogens with zero attached hydrogens (tertiary/aromatic N) is 1. The minimum Gasteiger partial charge on any atom is -0.295 e. The Morgan fingerprint density at radius 2 is 1.86 bits per heavy atom. The van der Waals surface area contributed by atoms with E-state index in [1.807, 2.05) is 42.5 Å². The van der Waals surface area contributed by atoms with Gasteiger partial charge in [0.25, 0.3) is 0 Å². The minimum absolute atomic E-state index is 0.00727. The number of carbonyl (C=O) groups is 1. The molecule has 2 nitrogen and oxygen atoms in total. The van der Waals surface area contributed by atoms with E-state index < -0.39 is 0 Å². The third-order valence-electron chi connectivity index (χ3n) is 6.22. The average Bonchev–Trinajstić information content (AvgIpc) is 3.08. The third kappa shape index (κ3) is 5.52. The highest BCUT2D eigenvalue weighted by Gasteiger charge is 2.24. The summed E-state index contributed by atoms with van der Waals surface area (Å²) in [7, 11) is 0. The van der Waals surface area contributed by atoms with E-state index in [-0.39, 0.29) is 5.78 Å². The van der Waals surface area contributed by atoms with Crippen molar-refractivity contribution in [2.75, 3.05) is 0 Å². The lowest BCUT2D eigenvalue weighted by atomic mass is 9.84. The summed E-state index contributed by atoms with van der Waals surface area (Å²) >= 11 is 14.3. The molecule has 35 heavy (non-hydrogen) atoms. The molecule has 0 saturated carbocycles. The fourth-order valence-electron chi connectivity index (χ4n) is 4.66. The number of ketones is 1. The van der Waals surface area contributed by atoms with Gasteiger partial charge in [-0.2, -0.15) is 5.26 Å². The van der Waals surface area contributed by atoms with E-state index in [4.69, 9.17) is 23.2 Å². The summed E-state index contributed by atoms with van der Waals surface area (Å²) in [5.74, 6) is 0.00727. The Kier molecular flexibility index (Phi) is 8.08. The summed E-state index contributed by atoms with van der Waals surface area (Å²) in [5, 5.41) is 10.4.